The Bertz CT molecular complexity index is 436. The zero-order valence-corrected chi connectivity index (χ0v) is 9.78. The summed E-state index contributed by atoms with van der Waals surface area (Å²) in [5.74, 6) is -1.84. The lowest BCUT2D eigenvalue weighted by Crippen LogP contribution is -2.22. The summed E-state index contributed by atoms with van der Waals surface area (Å²) in [6.45, 7) is 1.51. The van der Waals surface area contributed by atoms with Gasteiger partial charge in [-0.2, -0.15) is 0 Å². The molecule has 1 rings (SSSR count). The molecule has 0 radical (unpaired) electrons. The molecule has 2 unspecified atom stereocenters. The van der Waals surface area contributed by atoms with Crippen LogP contribution in [0.3, 0.4) is 0 Å². The van der Waals surface area contributed by atoms with Crippen LogP contribution in [0.5, 0.6) is 0 Å². The highest BCUT2D eigenvalue weighted by Crippen LogP contribution is 2.28. The van der Waals surface area contributed by atoms with Crippen LogP contribution in [0, 0.1) is 12.7 Å². The van der Waals surface area contributed by atoms with Crippen LogP contribution < -0.4 is 0 Å². The van der Waals surface area contributed by atoms with Crippen LogP contribution in [-0.4, -0.2) is 27.4 Å². The SMILES string of the molecule is Cc1cc(Cl)c(C(O)C(O)CC(=O)O)cc1F. The highest BCUT2D eigenvalue weighted by Gasteiger charge is 2.24. The van der Waals surface area contributed by atoms with E-state index in [0.717, 1.165) is 6.07 Å². The number of halogens is 2. The standard InChI is InChI=1S/C11H12ClFO4/c1-5-2-7(12)6(3-8(5)13)11(17)9(14)4-10(15)16/h2-3,9,11,14,17H,4H2,1H3,(H,15,16). The maximum atomic E-state index is 13.3. The Kier molecular flexibility index (Phi) is 4.45. The molecule has 94 valence electrons. The zero-order valence-electron chi connectivity index (χ0n) is 9.02. The third-order valence-corrected chi connectivity index (χ3v) is 2.67. The normalized spacial score (nSPS) is 14.4. The predicted octanol–water partition coefficient (Wildman–Crippen LogP) is 1.66. The van der Waals surface area contributed by atoms with Gasteiger partial charge in [-0.25, -0.2) is 4.39 Å². The third-order valence-electron chi connectivity index (χ3n) is 2.34. The summed E-state index contributed by atoms with van der Waals surface area (Å²) in [5, 5.41) is 27.6. The molecule has 3 N–H and O–H groups in total. The van der Waals surface area contributed by atoms with Gasteiger partial charge < -0.3 is 15.3 Å². The molecule has 2 atom stereocenters. The van der Waals surface area contributed by atoms with Crippen molar-refractivity contribution in [2.75, 3.05) is 0 Å². The summed E-state index contributed by atoms with van der Waals surface area (Å²) in [6.07, 6.45) is -3.71. The minimum Gasteiger partial charge on any atom is -0.481 e. The number of carboxylic acids is 1. The van der Waals surface area contributed by atoms with E-state index in [9.17, 15) is 19.4 Å². The molecule has 17 heavy (non-hydrogen) atoms. The molecule has 0 bridgehead atoms. The predicted molar refractivity (Wildman–Crippen MR) is 59.4 cm³/mol. The Balaban J connectivity index is 2.99. The van der Waals surface area contributed by atoms with Gasteiger partial charge in [0.15, 0.2) is 0 Å². The molecule has 1 aromatic carbocycles. The Labute approximate surface area is 102 Å². The summed E-state index contributed by atoms with van der Waals surface area (Å²) in [4.78, 5) is 10.4. The van der Waals surface area contributed by atoms with Crippen molar-refractivity contribution in [1.29, 1.82) is 0 Å². The number of carboxylic acid groups (broad SMARTS) is 1. The second-order valence-electron chi connectivity index (χ2n) is 3.73. The van der Waals surface area contributed by atoms with Crippen LogP contribution in [0.2, 0.25) is 5.02 Å². The Morgan fingerprint density at radius 3 is 2.59 bits per heavy atom. The minimum absolute atomic E-state index is 0.0245. The molecule has 0 amide bonds. The van der Waals surface area contributed by atoms with Crippen LogP contribution in [0.4, 0.5) is 4.39 Å². The van der Waals surface area contributed by atoms with Crippen molar-refractivity contribution in [1.82, 2.24) is 0 Å². The topological polar surface area (TPSA) is 77.8 Å². The molecule has 0 spiro atoms. The highest BCUT2D eigenvalue weighted by molar-refractivity contribution is 6.31. The van der Waals surface area contributed by atoms with Gasteiger partial charge in [-0.05, 0) is 24.6 Å². The van der Waals surface area contributed by atoms with E-state index < -0.39 is 30.4 Å². The van der Waals surface area contributed by atoms with Crippen LogP contribution in [0.15, 0.2) is 12.1 Å². The lowest BCUT2D eigenvalue weighted by Gasteiger charge is -2.18. The van der Waals surface area contributed by atoms with E-state index in [1.165, 1.54) is 13.0 Å². The van der Waals surface area contributed by atoms with Gasteiger partial charge in [-0.15, -0.1) is 0 Å². The molecule has 0 saturated carbocycles. The molecule has 6 heteroatoms. The molecular weight excluding hydrogens is 251 g/mol. The van der Waals surface area contributed by atoms with E-state index in [0.29, 0.717) is 5.56 Å². The van der Waals surface area contributed by atoms with Gasteiger partial charge in [0.05, 0.1) is 12.5 Å². The van der Waals surface area contributed by atoms with Crippen molar-refractivity contribution in [2.45, 2.75) is 25.6 Å². The molecule has 0 aliphatic rings. The first-order valence-electron chi connectivity index (χ1n) is 4.86. The summed E-state index contributed by atoms with van der Waals surface area (Å²) in [6, 6.07) is 2.30. The lowest BCUT2D eigenvalue weighted by atomic mass is 10.0. The van der Waals surface area contributed by atoms with Crippen LogP contribution >= 0.6 is 11.6 Å². The van der Waals surface area contributed by atoms with Crippen molar-refractivity contribution in [3.63, 3.8) is 0 Å². The Morgan fingerprint density at radius 1 is 1.47 bits per heavy atom. The van der Waals surface area contributed by atoms with Crippen molar-refractivity contribution < 1.29 is 24.5 Å². The fourth-order valence-corrected chi connectivity index (χ4v) is 1.72. The largest absolute Gasteiger partial charge is 0.481 e. The Morgan fingerprint density at radius 2 is 2.06 bits per heavy atom. The molecule has 0 aromatic heterocycles. The number of aliphatic hydroxyl groups is 2. The summed E-state index contributed by atoms with van der Waals surface area (Å²) in [7, 11) is 0. The summed E-state index contributed by atoms with van der Waals surface area (Å²) >= 11 is 5.79. The maximum absolute atomic E-state index is 13.3. The lowest BCUT2D eigenvalue weighted by molar-refractivity contribution is -0.141. The van der Waals surface area contributed by atoms with E-state index >= 15 is 0 Å². The highest BCUT2D eigenvalue weighted by atomic mass is 35.5. The number of aryl methyl sites for hydroxylation is 1. The second-order valence-corrected chi connectivity index (χ2v) is 4.14. The van der Waals surface area contributed by atoms with Gasteiger partial charge in [0.1, 0.15) is 11.9 Å². The van der Waals surface area contributed by atoms with Crippen LogP contribution in [0.25, 0.3) is 0 Å². The maximum Gasteiger partial charge on any atom is 0.306 e. The van der Waals surface area contributed by atoms with E-state index in [1.807, 2.05) is 0 Å². The van der Waals surface area contributed by atoms with Crippen molar-refractivity contribution >= 4 is 17.6 Å². The minimum atomic E-state index is -1.54. The van der Waals surface area contributed by atoms with Gasteiger partial charge in [0, 0.05) is 10.6 Å². The molecule has 4 nitrogen and oxygen atoms in total. The number of hydrogen-bond donors (Lipinski definition) is 3. The van der Waals surface area contributed by atoms with E-state index in [2.05, 4.69) is 0 Å². The van der Waals surface area contributed by atoms with Gasteiger partial charge in [-0.1, -0.05) is 11.6 Å². The molecule has 0 saturated heterocycles. The number of aliphatic hydroxyl groups excluding tert-OH is 2. The van der Waals surface area contributed by atoms with Gasteiger partial charge >= 0.3 is 5.97 Å². The fraction of sp³-hybridized carbons (Fsp3) is 0.364. The molecule has 0 aliphatic heterocycles. The molecular formula is C11H12ClFO4. The average molecular weight is 263 g/mol. The van der Waals surface area contributed by atoms with Gasteiger partial charge in [0.2, 0.25) is 0 Å². The van der Waals surface area contributed by atoms with E-state index in [1.54, 1.807) is 0 Å². The Hall–Kier alpha value is -1.17. The first-order chi connectivity index (χ1) is 7.82. The van der Waals surface area contributed by atoms with Crippen LogP contribution in [-0.2, 0) is 4.79 Å². The number of hydrogen-bond acceptors (Lipinski definition) is 3. The first-order valence-corrected chi connectivity index (χ1v) is 5.24. The van der Waals surface area contributed by atoms with Crippen molar-refractivity contribution in [3.05, 3.63) is 34.1 Å². The number of carbonyl (C=O) groups is 1. The second kappa shape index (κ2) is 5.44. The molecule has 0 fully saturated rings. The average Bonchev–Trinajstić information content (AvgIpc) is 2.21. The molecule has 1 aromatic rings. The van der Waals surface area contributed by atoms with Crippen LogP contribution in [0.1, 0.15) is 23.7 Å². The molecule has 0 heterocycles. The third kappa shape index (κ3) is 3.39. The number of benzene rings is 1. The summed E-state index contributed by atoms with van der Waals surface area (Å²) in [5.41, 5.74) is 0.280. The van der Waals surface area contributed by atoms with Gasteiger partial charge in [-0.3, -0.25) is 4.79 Å². The quantitative estimate of drug-likeness (QED) is 0.771. The van der Waals surface area contributed by atoms with Gasteiger partial charge in [0.25, 0.3) is 0 Å². The first kappa shape index (κ1) is 13.9. The summed E-state index contributed by atoms with van der Waals surface area (Å²) < 4.78 is 13.3. The van der Waals surface area contributed by atoms with E-state index in [-0.39, 0.29) is 10.6 Å². The van der Waals surface area contributed by atoms with E-state index in [4.69, 9.17) is 16.7 Å². The zero-order chi connectivity index (χ0) is 13.2. The molecule has 0 aliphatic carbocycles. The van der Waals surface area contributed by atoms with Crippen molar-refractivity contribution in [2.24, 2.45) is 0 Å². The fourth-order valence-electron chi connectivity index (χ4n) is 1.39. The monoisotopic (exact) mass is 262 g/mol. The smallest absolute Gasteiger partial charge is 0.306 e. The number of rotatable bonds is 4. The van der Waals surface area contributed by atoms with Crippen molar-refractivity contribution in [3.8, 4) is 0 Å². The number of aliphatic carboxylic acids is 1.